The number of piperidine rings is 1. The lowest BCUT2D eigenvalue weighted by Gasteiger charge is -2.31. The van der Waals surface area contributed by atoms with Crippen molar-refractivity contribution in [3.63, 3.8) is 0 Å². The average Bonchev–Trinajstić information content (AvgIpc) is 3.15. The molecule has 136 valence electrons. The number of fused-ring (bicyclic) bond motifs is 1. The third-order valence-corrected chi connectivity index (χ3v) is 5.01. The van der Waals surface area contributed by atoms with Crippen LogP contribution < -0.4 is 14.8 Å². The summed E-state index contributed by atoms with van der Waals surface area (Å²) in [6.07, 6.45) is 4.56. The molecule has 0 spiro atoms. The molecule has 0 saturated carbocycles. The lowest BCUT2D eigenvalue weighted by Crippen LogP contribution is -2.39. The highest BCUT2D eigenvalue weighted by molar-refractivity contribution is 5.93. The first-order chi connectivity index (χ1) is 12.8. The van der Waals surface area contributed by atoms with E-state index in [4.69, 9.17) is 9.47 Å². The molecule has 0 aliphatic carbocycles. The van der Waals surface area contributed by atoms with E-state index in [0.29, 0.717) is 5.75 Å². The van der Waals surface area contributed by atoms with Gasteiger partial charge in [-0.05, 0) is 50.2 Å². The van der Waals surface area contributed by atoms with Crippen LogP contribution in [0.2, 0.25) is 0 Å². The first-order valence-corrected chi connectivity index (χ1v) is 9.11. The number of hydrogen-bond donors (Lipinski definition) is 1. The third kappa shape index (κ3) is 3.96. The molecule has 2 aliphatic rings. The number of aromatic nitrogens is 1. The average molecular weight is 353 g/mol. The number of amides is 1. The molecular formula is C20H23N3O3. The molecule has 3 heterocycles. The summed E-state index contributed by atoms with van der Waals surface area (Å²) >= 11 is 0. The molecule has 0 atom stereocenters. The Morgan fingerprint density at radius 3 is 2.81 bits per heavy atom. The smallest absolute Gasteiger partial charge is 0.231 e. The van der Waals surface area contributed by atoms with Crippen molar-refractivity contribution < 1.29 is 14.3 Å². The molecule has 26 heavy (non-hydrogen) atoms. The van der Waals surface area contributed by atoms with Crippen LogP contribution in [0.3, 0.4) is 0 Å². The Labute approximate surface area is 153 Å². The standard InChI is InChI=1S/C20H23N3O3/c24-20(22-17-4-5-18-19(13-17)26-14-25-18)15-6-10-23(11-7-15)12-8-16-3-1-2-9-21-16/h1-5,9,13,15H,6-8,10-12,14H2,(H,22,24). The van der Waals surface area contributed by atoms with Gasteiger partial charge in [-0.2, -0.15) is 0 Å². The maximum Gasteiger partial charge on any atom is 0.231 e. The molecule has 2 aliphatic heterocycles. The molecule has 1 aromatic carbocycles. The number of rotatable bonds is 5. The van der Waals surface area contributed by atoms with Crippen molar-refractivity contribution in [1.29, 1.82) is 0 Å². The maximum atomic E-state index is 12.5. The van der Waals surface area contributed by atoms with Crippen LogP contribution in [-0.4, -0.2) is 42.2 Å². The zero-order chi connectivity index (χ0) is 17.8. The van der Waals surface area contributed by atoms with Crippen LogP contribution in [0.25, 0.3) is 0 Å². The summed E-state index contributed by atoms with van der Waals surface area (Å²) in [7, 11) is 0. The van der Waals surface area contributed by atoms with Gasteiger partial charge in [-0.3, -0.25) is 9.78 Å². The molecule has 6 heteroatoms. The summed E-state index contributed by atoms with van der Waals surface area (Å²) < 4.78 is 10.7. The van der Waals surface area contributed by atoms with E-state index < -0.39 is 0 Å². The lowest BCUT2D eigenvalue weighted by atomic mass is 9.95. The van der Waals surface area contributed by atoms with Crippen LogP contribution in [0.5, 0.6) is 11.5 Å². The van der Waals surface area contributed by atoms with Crippen LogP contribution in [-0.2, 0) is 11.2 Å². The molecular weight excluding hydrogens is 330 g/mol. The lowest BCUT2D eigenvalue weighted by molar-refractivity contribution is -0.121. The summed E-state index contributed by atoms with van der Waals surface area (Å²) in [6, 6.07) is 11.5. The molecule has 0 unspecified atom stereocenters. The second-order valence-corrected chi connectivity index (χ2v) is 6.74. The Kier molecular flexibility index (Phi) is 5.02. The number of nitrogens with zero attached hydrogens (tertiary/aromatic N) is 2. The van der Waals surface area contributed by atoms with Crippen LogP contribution in [0.4, 0.5) is 5.69 Å². The van der Waals surface area contributed by atoms with Crippen molar-refractivity contribution >= 4 is 11.6 Å². The second-order valence-electron chi connectivity index (χ2n) is 6.74. The highest BCUT2D eigenvalue weighted by Crippen LogP contribution is 2.34. The molecule has 0 bridgehead atoms. The fraction of sp³-hybridized carbons (Fsp3) is 0.400. The van der Waals surface area contributed by atoms with E-state index in [9.17, 15) is 4.79 Å². The molecule has 1 N–H and O–H groups in total. The van der Waals surface area contributed by atoms with Gasteiger partial charge in [0, 0.05) is 42.5 Å². The molecule has 2 aromatic rings. The SMILES string of the molecule is O=C(Nc1ccc2c(c1)OCO2)C1CCN(CCc2ccccn2)CC1. The minimum atomic E-state index is 0.0616. The minimum Gasteiger partial charge on any atom is -0.454 e. The molecule has 1 saturated heterocycles. The van der Waals surface area contributed by atoms with Gasteiger partial charge in [0.15, 0.2) is 11.5 Å². The number of carbonyl (C=O) groups is 1. The summed E-state index contributed by atoms with van der Waals surface area (Å²) in [5, 5.41) is 3.01. The number of benzene rings is 1. The Bertz CT molecular complexity index is 758. The molecule has 0 radical (unpaired) electrons. The number of pyridine rings is 1. The van der Waals surface area contributed by atoms with Crippen molar-refractivity contribution in [3.8, 4) is 11.5 Å². The minimum absolute atomic E-state index is 0.0616. The zero-order valence-corrected chi connectivity index (χ0v) is 14.7. The van der Waals surface area contributed by atoms with Gasteiger partial charge in [0.2, 0.25) is 12.7 Å². The van der Waals surface area contributed by atoms with E-state index in [-0.39, 0.29) is 18.6 Å². The summed E-state index contributed by atoms with van der Waals surface area (Å²) in [6.45, 7) is 3.13. The van der Waals surface area contributed by atoms with Gasteiger partial charge in [-0.25, -0.2) is 0 Å². The van der Waals surface area contributed by atoms with Crippen molar-refractivity contribution in [3.05, 3.63) is 48.3 Å². The van der Waals surface area contributed by atoms with E-state index in [1.54, 1.807) is 0 Å². The summed E-state index contributed by atoms with van der Waals surface area (Å²) in [5.41, 5.74) is 1.88. The molecule has 6 nitrogen and oxygen atoms in total. The van der Waals surface area contributed by atoms with Gasteiger partial charge >= 0.3 is 0 Å². The van der Waals surface area contributed by atoms with Gasteiger partial charge in [0.1, 0.15) is 0 Å². The second kappa shape index (κ2) is 7.74. The number of likely N-dealkylation sites (tertiary alicyclic amines) is 1. The van der Waals surface area contributed by atoms with Gasteiger partial charge in [0.05, 0.1) is 0 Å². The van der Waals surface area contributed by atoms with Gasteiger partial charge < -0.3 is 19.7 Å². The van der Waals surface area contributed by atoms with E-state index in [1.165, 1.54) is 0 Å². The predicted molar refractivity (Wildman–Crippen MR) is 98.3 cm³/mol. The fourth-order valence-corrected chi connectivity index (χ4v) is 3.46. The fourth-order valence-electron chi connectivity index (χ4n) is 3.46. The number of carbonyl (C=O) groups excluding carboxylic acids is 1. The van der Waals surface area contributed by atoms with Crippen LogP contribution >= 0.6 is 0 Å². The molecule has 4 rings (SSSR count). The van der Waals surface area contributed by atoms with Crippen LogP contribution in [0, 0.1) is 5.92 Å². The third-order valence-electron chi connectivity index (χ3n) is 5.01. The van der Waals surface area contributed by atoms with Crippen LogP contribution in [0.1, 0.15) is 18.5 Å². The summed E-state index contributed by atoms with van der Waals surface area (Å²) in [4.78, 5) is 19.3. The highest BCUT2D eigenvalue weighted by atomic mass is 16.7. The Hall–Kier alpha value is -2.60. The van der Waals surface area contributed by atoms with Crippen LogP contribution in [0.15, 0.2) is 42.6 Å². The zero-order valence-electron chi connectivity index (χ0n) is 14.7. The number of ether oxygens (including phenoxy) is 2. The molecule has 1 aromatic heterocycles. The number of nitrogens with one attached hydrogen (secondary N) is 1. The van der Waals surface area contributed by atoms with Crippen molar-refractivity contribution in [2.45, 2.75) is 19.3 Å². The van der Waals surface area contributed by atoms with E-state index >= 15 is 0 Å². The first kappa shape index (κ1) is 16.8. The van der Waals surface area contributed by atoms with Crippen molar-refractivity contribution in [2.75, 3.05) is 31.7 Å². The number of hydrogen-bond acceptors (Lipinski definition) is 5. The number of anilines is 1. The van der Waals surface area contributed by atoms with E-state index in [1.807, 2.05) is 36.5 Å². The van der Waals surface area contributed by atoms with Crippen molar-refractivity contribution in [1.82, 2.24) is 9.88 Å². The van der Waals surface area contributed by atoms with Gasteiger partial charge in [-0.1, -0.05) is 6.07 Å². The van der Waals surface area contributed by atoms with Crippen molar-refractivity contribution in [2.24, 2.45) is 5.92 Å². The van der Waals surface area contributed by atoms with E-state index in [0.717, 1.165) is 56.0 Å². The normalized spacial score (nSPS) is 17.2. The van der Waals surface area contributed by atoms with Gasteiger partial charge in [0.25, 0.3) is 0 Å². The predicted octanol–water partition coefficient (Wildman–Crippen LogP) is 2.70. The highest BCUT2D eigenvalue weighted by Gasteiger charge is 2.25. The summed E-state index contributed by atoms with van der Waals surface area (Å²) in [5.74, 6) is 1.57. The molecule has 1 amide bonds. The molecule has 1 fully saturated rings. The maximum absolute atomic E-state index is 12.5. The van der Waals surface area contributed by atoms with Gasteiger partial charge in [-0.15, -0.1) is 0 Å². The topological polar surface area (TPSA) is 63.7 Å². The quantitative estimate of drug-likeness (QED) is 0.895. The Balaban J connectivity index is 1.24. The largest absolute Gasteiger partial charge is 0.454 e. The van der Waals surface area contributed by atoms with E-state index in [2.05, 4.69) is 21.3 Å². The Morgan fingerprint density at radius 2 is 2.00 bits per heavy atom. The first-order valence-electron chi connectivity index (χ1n) is 9.11. The Morgan fingerprint density at radius 1 is 1.15 bits per heavy atom. The monoisotopic (exact) mass is 353 g/mol.